The summed E-state index contributed by atoms with van der Waals surface area (Å²) in [7, 11) is 2.90. The number of fused-ring (bicyclic) bond motifs is 4. The molecule has 4 fully saturated rings. The fourth-order valence-corrected chi connectivity index (χ4v) is 7.76. The Bertz CT molecular complexity index is 1330. The van der Waals surface area contributed by atoms with Gasteiger partial charge in [0.05, 0.1) is 22.1 Å². The van der Waals surface area contributed by atoms with Crippen molar-refractivity contribution >= 4 is 31.3 Å². The number of benzene rings is 1. The number of nitrogens with zero attached hydrogens (tertiary/aromatic N) is 5. The summed E-state index contributed by atoms with van der Waals surface area (Å²) in [6.45, 7) is 8.98. The summed E-state index contributed by atoms with van der Waals surface area (Å²) in [6.07, 6.45) is 9.83. The first-order chi connectivity index (χ1) is 19.6. The monoisotopic (exact) mass is 562 g/mol. The standard InChI is InChI=1S/C29H37N6O2P.C2H6/c36-14-9-19-5-1-2-6-22(19)24-26(38)25-23(15-30-24)27(34-16-20-7-8-21(17-34)31-20)33-28(32-25)37-18-29-10-3-12-35(29)13-4-11-29;1-2/h1-2,5-6,15,20-21,31,36H,3-4,7-14,16-18,38H2;1-2H3. The first-order valence-corrected chi connectivity index (χ1v) is 15.8. The van der Waals surface area contributed by atoms with Gasteiger partial charge in [0.15, 0.2) is 0 Å². The van der Waals surface area contributed by atoms with Crippen LogP contribution in [0.15, 0.2) is 30.5 Å². The number of hydrogen-bond donors (Lipinski definition) is 2. The van der Waals surface area contributed by atoms with Gasteiger partial charge in [-0.25, -0.2) is 0 Å². The van der Waals surface area contributed by atoms with Crippen LogP contribution >= 0.6 is 9.24 Å². The Morgan fingerprint density at radius 3 is 2.52 bits per heavy atom. The molecule has 214 valence electrons. The van der Waals surface area contributed by atoms with Crippen LogP contribution in [0.4, 0.5) is 5.82 Å². The molecular formula is C31H43N6O2P. The second-order valence-corrected chi connectivity index (χ2v) is 12.1. The molecule has 4 aliphatic rings. The lowest BCUT2D eigenvalue weighted by atomic mass is 9.95. The Kier molecular flexibility index (Phi) is 8.23. The van der Waals surface area contributed by atoms with Crippen molar-refractivity contribution in [1.29, 1.82) is 0 Å². The third-order valence-electron chi connectivity index (χ3n) is 9.19. The normalized spacial score (nSPS) is 23.2. The van der Waals surface area contributed by atoms with Crippen molar-refractivity contribution < 1.29 is 9.84 Å². The second-order valence-electron chi connectivity index (χ2n) is 11.5. The molecule has 4 aliphatic heterocycles. The number of pyridine rings is 1. The number of rotatable bonds is 7. The summed E-state index contributed by atoms with van der Waals surface area (Å²) in [4.78, 5) is 20.0. The molecule has 2 bridgehead atoms. The summed E-state index contributed by atoms with van der Waals surface area (Å²) in [5, 5.41) is 15.3. The molecule has 7 rings (SSSR count). The number of hydrogen-bond acceptors (Lipinski definition) is 8. The van der Waals surface area contributed by atoms with Gasteiger partial charge in [0, 0.05) is 48.8 Å². The molecule has 4 saturated heterocycles. The summed E-state index contributed by atoms with van der Waals surface area (Å²) >= 11 is 0. The van der Waals surface area contributed by atoms with Crippen LogP contribution in [0.2, 0.25) is 0 Å². The van der Waals surface area contributed by atoms with E-state index < -0.39 is 0 Å². The zero-order valence-corrected chi connectivity index (χ0v) is 25.1. The predicted octanol–water partition coefficient (Wildman–Crippen LogP) is 3.70. The maximum absolute atomic E-state index is 9.63. The van der Waals surface area contributed by atoms with Gasteiger partial charge in [0.25, 0.3) is 0 Å². The Hall–Kier alpha value is -2.38. The highest BCUT2D eigenvalue weighted by atomic mass is 31.0. The average Bonchev–Trinajstić information content (AvgIpc) is 3.67. The molecular weight excluding hydrogens is 519 g/mol. The molecule has 0 saturated carbocycles. The third kappa shape index (κ3) is 5.09. The van der Waals surface area contributed by atoms with Crippen molar-refractivity contribution in [3.63, 3.8) is 0 Å². The molecule has 0 aliphatic carbocycles. The number of aromatic nitrogens is 3. The minimum Gasteiger partial charge on any atom is -0.461 e. The van der Waals surface area contributed by atoms with E-state index in [1.807, 2.05) is 32.2 Å². The molecule has 2 N–H and O–H groups in total. The molecule has 9 heteroatoms. The van der Waals surface area contributed by atoms with Gasteiger partial charge in [0.2, 0.25) is 0 Å². The zero-order chi connectivity index (χ0) is 27.7. The molecule has 40 heavy (non-hydrogen) atoms. The third-order valence-corrected chi connectivity index (χ3v) is 9.74. The topological polar surface area (TPSA) is 86.6 Å². The van der Waals surface area contributed by atoms with Crippen LogP contribution in [0.25, 0.3) is 22.2 Å². The van der Waals surface area contributed by atoms with Crippen LogP contribution in [-0.4, -0.2) is 82.0 Å². The Morgan fingerprint density at radius 2 is 1.80 bits per heavy atom. The zero-order valence-electron chi connectivity index (χ0n) is 23.9. The summed E-state index contributed by atoms with van der Waals surface area (Å²) in [6, 6.07) is 9.65. The average molecular weight is 563 g/mol. The van der Waals surface area contributed by atoms with Crippen LogP contribution < -0.4 is 20.3 Å². The molecule has 1 aromatic carbocycles. The molecule has 2 aromatic heterocycles. The smallest absolute Gasteiger partial charge is 0.319 e. The van der Waals surface area contributed by atoms with Gasteiger partial charge in [-0.1, -0.05) is 38.1 Å². The van der Waals surface area contributed by atoms with Gasteiger partial charge in [-0.05, 0) is 63.6 Å². The number of aliphatic hydroxyl groups is 1. The largest absolute Gasteiger partial charge is 0.461 e. The highest BCUT2D eigenvalue weighted by molar-refractivity contribution is 7.28. The van der Waals surface area contributed by atoms with E-state index in [0.29, 0.717) is 31.1 Å². The van der Waals surface area contributed by atoms with Gasteiger partial charge < -0.3 is 20.1 Å². The predicted molar refractivity (Wildman–Crippen MR) is 165 cm³/mol. The van der Waals surface area contributed by atoms with Gasteiger partial charge in [0.1, 0.15) is 12.4 Å². The van der Waals surface area contributed by atoms with Crippen molar-refractivity contribution in [2.45, 2.75) is 76.4 Å². The summed E-state index contributed by atoms with van der Waals surface area (Å²) < 4.78 is 6.50. The molecule has 6 heterocycles. The van der Waals surface area contributed by atoms with E-state index >= 15 is 0 Å². The SMILES string of the molecule is CC.OCCc1ccccc1-c1ncc2c(N3CC4CCC(C3)N4)nc(OCC34CCCN3CCC4)nc2c1P. The number of ether oxygens (including phenoxy) is 1. The van der Waals surface area contributed by atoms with Gasteiger partial charge in [-0.15, -0.1) is 9.24 Å². The molecule has 3 atom stereocenters. The Balaban J connectivity index is 0.00000142. The van der Waals surface area contributed by atoms with Crippen LogP contribution in [0.5, 0.6) is 6.01 Å². The van der Waals surface area contributed by atoms with Crippen LogP contribution in [0, 0.1) is 0 Å². The first kappa shape index (κ1) is 27.8. The van der Waals surface area contributed by atoms with Gasteiger partial charge in [-0.2, -0.15) is 9.97 Å². The minimum absolute atomic E-state index is 0.102. The fraction of sp³-hybridized carbons (Fsp3) is 0.581. The van der Waals surface area contributed by atoms with Crippen molar-refractivity contribution in [1.82, 2.24) is 25.2 Å². The highest BCUT2D eigenvalue weighted by Gasteiger charge is 2.45. The van der Waals surface area contributed by atoms with E-state index in [2.05, 4.69) is 36.5 Å². The number of nitrogens with one attached hydrogen (secondary N) is 1. The minimum atomic E-state index is 0.102. The first-order valence-electron chi connectivity index (χ1n) is 15.2. The molecule has 0 amide bonds. The summed E-state index contributed by atoms with van der Waals surface area (Å²) in [5.41, 5.74) is 4.00. The molecule has 0 radical (unpaired) electrons. The molecule has 0 spiro atoms. The fourth-order valence-electron chi connectivity index (χ4n) is 7.31. The lowest BCUT2D eigenvalue weighted by molar-refractivity contribution is 0.108. The van der Waals surface area contributed by atoms with Crippen molar-refractivity contribution in [3.05, 3.63) is 36.0 Å². The van der Waals surface area contributed by atoms with Crippen LogP contribution in [-0.2, 0) is 6.42 Å². The Labute approximate surface area is 240 Å². The lowest BCUT2D eigenvalue weighted by Gasteiger charge is -2.34. The number of piperazine rings is 1. The molecule has 8 nitrogen and oxygen atoms in total. The van der Waals surface area contributed by atoms with Gasteiger partial charge in [-0.3, -0.25) is 9.88 Å². The van der Waals surface area contributed by atoms with Crippen LogP contribution in [0.3, 0.4) is 0 Å². The highest BCUT2D eigenvalue weighted by Crippen LogP contribution is 2.39. The van der Waals surface area contributed by atoms with Gasteiger partial charge >= 0.3 is 6.01 Å². The van der Waals surface area contributed by atoms with E-state index in [-0.39, 0.29) is 12.1 Å². The van der Waals surface area contributed by atoms with E-state index in [1.54, 1.807) is 0 Å². The lowest BCUT2D eigenvalue weighted by Crippen LogP contribution is -2.51. The van der Waals surface area contributed by atoms with Crippen LogP contribution in [0.1, 0.15) is 57.9 Å². The maximum Gasteiger partial charge on any atom is 0.319 e. The Morgan fingerprint density at radius 1 is 1.07 bits per heavy atom. The number of aliphatic hydroxyl groups excluding tert-OH is 1. The maximum atomic E-state index is 9.63. The number of anilines is 1. The summed E-state index contributed by atoms with van der Waals surface area (Å²) in [5.74, 6) is 0.932. The van der Waals surface area contributed by atoms with E-state index in [4.69, 9.17) is 19.7 Å². The van der Waals surface area contributed by atoms with Crippen molar-refractivity contribution in [2.75, 3.05) is 44.3 Å². The second kappa shape index (κ2) is 11.8. The van der Waals surface area contributed by atoms with E-state index in [1.165, 1.54) is 51.6 Å². The van der Waals surface area contributed by atoms with E-state index in [0.717, 1.165) is 51.9 Å². The van der Waals surface area contributed by atoms with E-state index in [9.17, 15) is 5.11 Å². The molecule has 3 unspecified atom stereocenters. The quantitative estimate of drug-likeness (QED) is 0.422. The molecule has 3 aromatic rings. The van der Waals surface area contributed by atoms with Crippen molar-refractivity contribution in [2.24, 2.45) is 0 Å². The van der Waals surface area contributed by atoms with Crippen molar-refractivity contribution in [3.8, 4) is 17.3 Å².